The highest BCUT2D eigenvalue weighted by Gasteiger charge is 2.28. The molecule has 15 heavy (non-hydrogen) atoms. The Hall–Kier alpha value is -0.690. The summed E-state index contributed by atoms with van der Waals surface area (Å²) >= 11 is 0. The lowest BCUT2D eigenvalue weighted by molar-refractivity contribution is -0.121. The maximum absolute atomic E-state index is 10.8. The summed E-state index contributed by atoms with van der Waals surface area (Å²) in [6, 6.07) is 0. The topological polar surface area (TPSA) is 98.8 Å². The van der Waals surface area contributed by atoms with Gasteiger partial charge in [0, 0.05) is 19.5 Å². The van der Waals surface area contributed by atoms with Crippen molar-refractivity contribution in [3.8, 4) is 0 Å². The smallest absolute Gasteiger partial charge is 0.233 e. The van der Waals surface area contributed by atoms with Crippen molar-refractivity contribution in [3.05, 3.63) is 0 Å². The first-order valence-corrected chi connectivity index (χ1v) is 5.21. The van der Waals surface area contributed by atoms with E-state index >= 15 is 0 Å². The van der Waals surface area contributed by atoms with E-state index in [0.29, 0.717) is 19.5 Å². The van der Waals surface area contributed by atoms with Crippen LogP contribution in [0.1, 0.15) is 19.3 Å². The quantitative estimate of drug-likeness (QED) is 0.188. The zero-order valence-corrected chi connectivity index (χ0v) is 8.72. The maximum Gasteiger partial charge on any atom is 0.233 e. The minimum atomic E-state index is -0.627. The van der Waals surface area contributed by atoms with E-state index < -0.39 is 12.2 Å². The van der Waals surface area contributed by atoms with Gasteiger partial charge < -0.3 is 10.2 Å². The van der Waals surface area contributed by atoms with Crippen molar-refractivity contribution in [2.75, 3.05) is 19.6 Å². The molecule has 2 unspecified atom stereocenters. The van der Waals surface area contributed by atoms with Gasteiger partial charge in [0.1, 0.15) is 0 Å². The lowest BCUT2D eigenvalue weighted by Crippen LogP contribution is -2.30. The van der Waals surface area contributed by atoms with Gasteiger partial charge in [-0.05, 0) is 19.4 Å². The summed E-state index contributed by atoms with van der Waals surface area (Å²) in [5, 5.41) is 18.6. The Kier molecular flexibility index (Phi) is 4.97. The Morgan fingerprint density at radius 1 is 1.33 bits per heavy atom. The van der Waals surface area contributed by atoms with Gasteiger partial charge in [0.05, 0.1) is 12.2 Å². The number of hydrazine groups is 1. The first-order valence-electron chi connectivity index (χ1n) is 5.21. The Bertz CT molecular complexity index is 203. The Labute approximate surface area is 89.0 Å². The number of carbonyl (C=O) groups is 1. The van der Waals surface area contributed by atoms with Gasteiger partial charge in [-0.3, -0.25) is 15.1 Å². The zero-order chi connectivity index (χ0) is 11.3. The molecule has 1 aliphatic heterocycles. The summed E-state index contributed by atoms with van der Waals surface area (Å²) < 4.78 is 0. The second-order valence-electron chi connectivity index (χ2n) is 3.92. The summed E-state index contributed by atoms with van der Waals surface area (Å²) in [7, 11) is 0. The van der Waals surface area contributed by atoms with Crippen LogP contribution in [-0.4, -0.2) is 52.9 Å². The Balaban J connectivity index is 2.04. The van der Waals surface area contributed by atoms with E-state index in [1.165, 1.54) is 0 Å². The van der Waals surface area contributed by atoms with Crippen LogP contribution in [0.4, 0.5) is 0 Å². The molecule has 0 spiro atoms. The SMILES string of the molecule is NNC(=O)CCCCN1CC(O)C(O)C1. The number of rotatable bonds is 5. The number of hydrogen-bond acceptors (Lipinski definition) is 5. The fourth-order valence-corrected chi connectivity index (χ4v) is 1.72. The van der Waals surface area contributed by atoms with Crippen molar-refractivity contribution < 1.29 is 15.0 Å². The maximum atomic E-state index is 10.8. The highest BCUT2D eigenvalue weighted by molar-refractivity contribution is 5.75. The molecule has 2 atom stereocenters. The van der Waals surface area contributed by atoms with E-state index in [4.69, 9.17) is 5.84 Å². The van der Waals surface area contributed by atoms with Gasteiger partial charge in [-0.2, -0.15) is 0 Å². The summed E-state index contributed by atoms with van der Waals surface area (Å²) in [5.41, 5.74) is 2.07. The molecule has 0 aromatic rings. The van der Waals surface area contributed by atoms with Crippen LogP contribution in [0.3, 0.4) is 0 Å². The van der Waals surface area contributed by atoms with Crippen LogP contribution < -0.4 is 11.3 Å². The van der Waals surface area contributed by atoms with Gasteiger partial charge in [-0.25, -0.2) is 5.84 Å². The van der Waals surface area contributed by atoms with Crippen LogP contribution >= 0.6 is 0 Å². The summed E-state index contributed by atoms with van der Waals surface area (Å²) in [5.74, 6) is 4.78. The van der Waals surface area contributed by atoms with Crippen LogP contribution in [0.2, 0.25) is 0 Å². The number of hydrogen-bond donors (Lipinski definition) is 4. The fraction of sp³-hybridized carbons (Fsp3) is 0.889. The van der Waals surface area contributed by atoms with Crippen LogP contribution in [0.15, 0.2) is 0 Å². The van der Waals surface area contributed by atoms with E-state index in [2.05, 4.69) is 5.43 Å². The number of nitrogens with zero attached hydrogens (tertiary/aromatic N) is 1. The standard InChI is InChI=1S/C9H19N3O3/c10-11-9(15)3-1-2-4-12-5-7(13)8(14)6-12/h7-8,13-14H,1-6,10H2,(H,11,15). The molecule has 88 valence electrons. The average Bonchev–Trinajstić information content (AvgIpc) is 2.53. The molecule has 1 fully saturated rings. The molecule has 5 N–H and O–H groups in total. The molecule has 6 nitrogen and oxygen atoms in total. The van der Waals surface area contributed by atoms with Crippen molar-refractivity contribution in [3.63, 3.8) is 0 Å². The van der Waals surface area contributed by atoms with Crippen LogP contribution in [0.5, 0.6) is 0 Å². The van der Waals surface area contributed by atoms with Gasteiger partial charge in [0.25, 0.3) is 0 Å². The molecule has 0 bridgehead atoms. The third kappa shape index (κ3) is 4.13. The normalized spacial score (nSPS) is 26.9. The number of aliphatic hydroxyl groups is 2. The number of unbranched alkanes of at least 4 members (excludes halogenated alkanes) is 1. The van der Waals surface area contributed by atoms with Gasteiger partial charge in [-0.15, -0.1) is 0 Å². The second-order valence-corrected chi connectivity index (χ2v) is 3.92. The third-order valence-corrected chi connectivity index (χ3v) is 2.62. The van der Waals surface area contributed by atoms with Gasteiger partial charge >= 0.3 is 0 Å². The van der Waals surface area contributed by atoms with Gasteiger partial charge in [-0.1, -0.05) is 0 Å². The molecule has 0 saturated carbocycles. The molecular formula is C9H19N3O3. The van der Waals surface area contributed by atoms with Gasteiger partial charge in [0.2, 0.25) is 5.91 Å². The molecule has 1 heterocycles. The molecule has 1 saturated heterocycles. The second kappa shape index (κ2) is 6.02. The predicted octanol–water partition coefficient (Wildman–Crippen LogP) is -1.82. The van der Waals surface area contributed by atoms with E-state index in [9.17, 15) is 15.0 Å². The average molecular weight is 217 g/mol. The molecule has 0 aliphatic carbocycles. The van der Waals surface area contributed by atoms with Crippen LogP contribution in [-0.2, 0) is 4.79 Å². The molecule has 1 aliphatic rings. The third-order valence-electron chi connectivity index (χ3n) is 2.62. The Morgan fingerprint density at radius 2 is 1.93 bits per heavy atom. The van der Waals surface area contributed by atoms with Crippen LogP contribution in [0.25, 0.3) is 0 Å². The minimum absolute atomic E-state index is 0.156. The molecule has 1 amide bonds. The molecule has 0 aromatic heterocycles. The number of nitrogens with two attached hydrogens (primary N) is 1. The largest absolute Gasteiger partial charge is 0.389 e. The zero-order valence-electron chi connectivity index (χ0n) is 8.72. The summed E-state index contributed by atoms with van der Waals surface area (Å²) in [6.07, 6.45) is 0.809. The predicted molar refractivity (Wildman–Crippen MR) is 54.6 cm³/mol. The molecule has 6 heteroatoms. The Morgan fingerprint density at radius 3 is 2.47 bits per heavy atom. The number of aliphatic hydroxyl groups excluding tert-OH is 2. The first-order chi connectivity index (χ1) is 7.13. The fourth-order valence-electron chi connectivity index (χ4n) is 1.72. The number of amides is 1. The monoisotopic (exact) mass is 217 g/mol. The number of nitrogens with one attached hydrogen (secondary N) is 1. The van der Waals surface area contributed by atoms with E-state index in [-0.39, 0.29) is 5.91 Å². The number of carbonyl (C=O) groups excluding carboxylic acids is 1. The number of likely N-dealkylation sites (tertiary alicyclic amines) is 1. The van der Waals surface area contributed by atoms with Crippen molar-refractivity contribution in [1.82, 2.24) is 10.3 Å². The summed E-state index contributed by atoms with van der Waals surface area (Å²) in [4.78, 5) is 12.8. The van der Waals surface area contributed by atoms with Gasteiger partial charge in [0.15, 0.2) is 0 Å². The van der Waals surface area contributed by atoms with E-state index in [1.54, 1.807) is 0 Å². The van der Waals surface area contributed by atoms with Crippen molar-refractivity contribution in [1.29, 1.82) is 0 Å². The lowest BCUT2D eigenvalue weighted by atomic mass is 10.2. The highest BCUT2D eigenvalue weighted by atomic mass is 16.3. The molecular weight excluding hydrogens is 198 g/mol. The van der Waals surface area contributed by atoms with Crippen molar-refractivity contribution in [2.45, 2.75) is 31.5 Å². The van der Waals surface area contributed by atoms with E-state index in [1.807, 2.05) is 4.90 Å². The molecule has 0 radical (unpaired) electrons. The van der Waals surface area contributed by atoms with Crippen molar-refractivity contribution in [2.24, 2.45) is 5.84 Å². The minimum Gasteiger partial charge on any atom is -0.389 e. The molecule has 0 aromatic carbocycles. The number of β-amino-alcohol motifs (C(OH)–C–C–N with tert-alkyl or cyclic N) is 2. The molecule has 1 rings (SSSR count). The summed E-state index contributed by atoms with van der Waals surface area (Å²) in [6.45, 7) is 1.83. The lowest BCUT2D eigenvalue weighted by Gasteiger charge is -2.13. The first kappa shape index (κ1) is 12.4. The highest BCUT2D eigenvalue weighted by Crippen LogP contribution is 2.10. The van der Waals surface area contributed by atoms with Crippen molar-refractivity contribution >= 4 is 5.91 Å². The van der Waals surface area contributed by atoms with E-state index in [0.717, 1.165) is 19.4 Å². The van der Waals surface area contributed by atoms with Crippen LogP contribution in [0, 0.1) is 0 Å².